The predicted octanol–water partition coefficient (Wildman–Crippen LogP) is 4.58. The Balaban J connectivity index is 1.87. The standard InChI is InChI=1S/C32H39F4N3O8/c1-8-45-21-12-17-13-39(28(37)23(17)24(33)27(21)46-9-2)29(47-30(42)32(34,35)36)25(41)16-10-18(31(3,4)5)26(44-7)19(11-16)38-14-20(40)22(15-38)43-6/h10-12,20,22,29,37,40H,8-9,13-15H2,1-7H3. The van der Waals surface area contributed by atoms with Crippen molar-refractivity contribution in [2.75, 3.05) is 45.4 Å². The molecular weight excluding hydrogens is 630 g/mol. The molecule has 2 heterocycles. The number of ketones is 1. The van der Waals surface area contributed by atoms with Crippen LogP contribution in [0.5, 0.6) is 17.2 Å². The molecule has 0 saturated carbocycles. The minimum Gasteiger partial charge on any atom is -0.494 e. The first-order valence-electron chi connectivity index (χ1n) is 14.9. The highest BCUT2D eigenvalue weighted by molar-refractivity contribution is 6.08. The molecule has 2 N–H and O–H groups in total. The highest BCUT2D eigenvalue weighted by Gasteiger charge is 2.47. The maximum atomic E-state index is 15.8. The third-order valence-corrected chi connectivity index (χ3v) is 7.93. The van der Waals surface area contributed by atoms with E-state index in [9.17, 15) is 27.9 Å². The Labute approximate surface area is 269 Å². The Morgan fingerprint density at radius 3 is 2.23 bits per heavy atom. The third-order valence-electron chi connectivity index (χ3n) is 7.93. The van der Waals surface area contributed by atoms with Crippen molar-refractivity contribution < 1.29 is 55.9 Å². The second-order valence-corrected chi connectivity index (χ2v) is 12.1. The molecule has 2 aromatic rings. The lowest BCUT2D eigenvalue weighted by Gasteiger charge is -2.31. The van der Waals surface area contributed by atoms with Crippen LogP contribution in [0.25, 0.3) is 0 Å². The molecule has 0 spiro atoms. The molecule has 3 atom stereocenters. The van der Waals surface area contributed by atoms with Crippen molar-refractivity contribution in [1.82, 2.24) is 4.90 Å². The van der Waals surface area contributed by atoms with Gasteiger partial charge in [-0.05, 0) is 43.0 Å². The van der Waals surface area contributed by atoms with Gasteiger partial charge in [-0.1, -0.05) is 20.8 Å². The summed E-state index contributed by atoms with van der Waals surface area (Å²) in [5, 5.41) is 19.3. The summed E-state index contributed by atoms with van der Waals surface area (Å²) in [4.78, 5) is 29.0. The molecular formula is C32H39F4N3O8. The lowest BCUT2D eigenvalue weighted by Crippen LogP contribution is -2.47. The topological polar surface area (TPSA) is 131 Å². The molecule has 3 unspecified atom stereocenters. The highest BCUT2D eigenvalue weighted by Crippen LogP contribution is 2.43. The smallest absolute Gasteiger partial charge is 0.491 e. The van der Waals surface area contributed by atoms with E-state index >= 15 is 4.39 Å². The van der Waals surface area contributed by atoms with Gasteiger partial charge in [0.15, 0.2) is 17.3 Å². The second kappa shape index (κ2) is 13.6. The molecule has 0 aliphatic carbocycles. The Kier molecular flexibility index (Phi) is 10.3. The minimum atomic E-state index is -5.48. The van der Waals surface area contributed by atoms with Gasteiger partial charge in [-0.2, -0.15) is 13.2 Å². The molecule has 47 heavy (non-hydrogen) atoms. The summed E-state index contributed by atoms with van der Waals surface area (Å²) in [5.41, 5.74) is -0.223. The van der Waals surface area contributed by atoms with Gasteiger partial charge in [0.1, 0.15) is 17.7 Å². The fourth-order valence-corrected chi connectivity index (χ4v) is 5.70. The fourth-order valence-electron chi connectivity index (χ4n) is 5.70. The number of alkyl halides is 3. The first-order valence-corrected chi connectivity index (χ1v) is 14.9. The van der Waals surface area contributed by atoms with Crippen molar-refractivity contribution >= 4 is 23.3 Å². The first-order chi connectivity index (χ1) is 22.0. The number of halogens is 4. The number of carbonyl (C=O) groups excluding carboxylic acids is 2. The minimum absolute atomic E-state index is 0.00666. The number of nitrogens with zero attached hydrogens (tertiary/aromatic N) is 2. The van der Waals surface area contributed by atoms with Crippen LogP contribution in [0.15, 0.2) is 18.2 Å². The van der Waals surface area contributed by atoms with Gasteiger partial charge in [0.05, 0.1) is 37.7 Å². The largest absolute Gasteiger partial charge is 0.494 e. The van der Waals surface area contributed by atoms with Gasteiger partial charge in [0, 0.05) is 37.9 Å². The predicted molar refractivity (Wildman–Crippen MR) is 162 cm³/mol. The van der Waals surface area contributed by atoms with Crippen LogP contribution >= 0.6 is 0 Å². The maximum Gasteiger partial charge on any atom is 0.491 e. The maximum absolute atomic E-state index is 15.8. The fraction of sp³-hybridized carbons (Fsp3) is 0.531. The number of ether oxygens (including phenoxy) is 5. The molecule has 0 bridgehead atoms. The summed E-state index contributed by atoms with van der Waals surface area (Å²) in [5.74, 6) is -5.40. The van der Waals surface area contributed by atoms with Crippen LogP contribution in [0.3, 0.4) is 0 Å². The molecule has 0 amide bonds. The Morgan fingerprint density at radius 1 is 1.04 bits per heavy atom. The molecule has 2 aromatic carbocycles. The van der Waals surface area contributed by atoms with Crippen molar-refractivity contribution in [3.8, 4) is 17.2 Å². The summed E-state index contributed by atoms with van der Waals surface area (Å²) in [7, 11) is 2.86. The van der Waals surface area contributed by atoms with E-state index in [1.54, 1.807) is 18.7 Å². The summed E-state index contributed by atoms with van der Waals surface area (Å²) < 4.78 is 83.2. The Bertz CT molecular complexity index is 1540. The van der Waals surface area contributed by atoms with E-state index in [4.69, 9.17) is 29.1 Å². The monoisotopic (exact) mass is 669 g/mol. The van der Waals surface area contributed by atoms with E-state index in [0.29, 0.717) is 17.0 Å². The van der Waals surface area contributed by atoms with Crippen LogP contribution in [0.4, 0.5) is 23.2 Å². The number of nitrogens with one attached hydrogen (secondary N) is 1. The molecule has 11 nitrogen and oxygen atoms in total. The molecule has 2 aliphatic rings. The van der Waals surface area contributed by atoms with Gasteiger partial charge in [-0.3, -0.25) is 10.2 Å². The molecule has 4 rings (SSSR count). The number of rotatable bonds is 11. The number of hydrogen-bond donors (Lipinski definition) is 2. The number of hydrogen-bond acceptors (Lipinski definition) is 10. The van der Waals surface area contributed by atoms with Crippen LogP contribution in [0.2, 0.25) is 0 Å². The number of amidine groups is 1. The lowest BCUT2D eigenvalue weighted by molar-refractivity contribution is -0.207. The van der Waals surface area contributed by atoms with Crippen LogP contribution in [0.1, 0.15) is 61.7 Å². The van der Waals surface area contributed by atoms with Gasteiger partial charge in [-0.25, -0.2) is 9.18 Å². The summed E-state index contributed by atoms with van der Waals surface area (Å²) >= 11 is 0. The number of β-amino-alcohol motifs (C(OH)–C–C–N with tert-alkyl or cyclic N) is 1. The first kappa shape index (κ1) is 35.7. The van der Waals surface area contributed by atoms with Gasteiger partial charge in [-0.15, -0.1) is 0 Å². The van der Waals surface area contributed by atoms with E-state index in [2.05, 4.69) is 0 Å². The van der Waals surface area contributed by atoms with Crippen molar-refractivity contribution in [2.45, 2.75) is 71.2 Å². The van der Waals surface area contributed by atoms with Crippen molar-refractivity contribution in [1.29, 1.82) is 5.41 Å². The van der Waals surface area contributed by atoms with E-state index in [0.717, 1.165) is 4.90 Å². The van der Waals surface area contributed by atoms with Crippen LogP contribution < -0.4 is 19.1 Å². The van der Waals surface area contributed by atoms with E-state index in [1.165, 1.54) is 32.4 Å². The Morgan fingerprint density at radius 2 is 1.70 bits per heavy atom. The van der Waals surface area contributed by atoms with Crippen molar-refractivity contribution in [3.05, 3.63) is 46.3 Å². The average molecular weight is 670 g/mol. The average Bonchev–Trinajstić information content (AvgIpc) is 3.54. The summed E-state index contributed by atoms with van der Waals surface area (Å²) in [6.07, 6.45) is -9.26. The molecule has 258 valence electrons. The number of esters is 1. The number of methoxy groups -OCH3 is 2. The number of aliphatic hydroxyl groups is 1. The molecule has 2 aliphatic heterocycles. The quantitative estimate of drug-likeness (QED) is 0.199. The van der Waals surface area contributed by atoms with Crippen LogP contribution in [-0.4, -0.2) is 92.7 Å². The molecule has 15 heteroatoms. The van der Waals surface area contributed by atoms with E-state index < -0.39 is 60.0 Å². The van der Waals surface area contributed by atoms with E-state index in [1.807, 2.05) is 20.8 Å². The summed E-state index contributed by atoms with van der Waals surface area (Å²) in [6, 6.07) is 4.17. The number of aliphatic hydroxyl groups excluding tert-OH is 1. The number of carbonyl (C=O) groups is 2. The lowest BCUT2D eigenvalue weighted by atomic mass is 9.84. The second-order valence-electron chi connectivity index (χ2n) is 12.1. The van der Waals surface area contributed by atoms with Crippen molar-refractivity contribution in [3.63, 3.8) is 0 Å². The van der Waals surface area contributed by atoms with Gasteiger partial charge in [0.2, 0.25) is 12.0 Å². The molecule has 1 fully saturated rings. The number of Topliss-reactive ketones (excluding diaryl/α,β-unsaturated/α-hetero) is 1. The van der Waals surface area contributed by atoms with Crippen LogP contribution in [0, 0.1) is 11.2 Å². The van der Waals surface area contributed by atoms with Gasteiger partial charge >= 0.3 is 12.1 Å². The number of anilines is 1. The molecule has 0 aromatic heterocycles. The zero-order valence-corrected chi connectivity index (χ0v) is 27.2. The Hall–Kier alpha value is -4.11. The molecule has 1 saturated heterocycles. The highest BCUT2D eigenvalue weighted by atomic mass is 19.4. The zero-order valence-electron chi connectivity index (χ0n) is 27.2. The summed E-state index contributed by atoms with van der Waals surface area (Å²) in [6.45, 7) is 8.81. The third kappa shape index (κ3) is 6.96. The SMILES string of the molecule is CCOc1cc2c(c(F)c1OCC)C(=N)N(C(OC(=O)C(F)(F)F)C(=O)c1cc(N3CC(O)C(OC)C3)c(OC)c(C(C)(C)C)c1)C2. The van der Waals surface area contributed by atoms with Gasteiger partial charge in [0.25, 0.3) is 0 Å². The number of benzene rings is 2. The van der Waals surface area contributed by atoms with Gasteiger partial charge < -0.3 is 38.6 Å². The normalized spacial score (nSPS) is 18.7. The van der Waals surface area contributed by atoms with Crippen LogP contribution in [-0.2, 0) is 26.2 Å². The molecule has 0 radical (unpaired) electrons. The van der Waals surface area contributed by atoms with E-state index in [-0.39, 0.29) is 54.5 Å². The van der Waals surface area contributed by atoms with Crippen molar-refractivity contribution in [2.24, 2.45) is 0 Å². The zero-order chi connectivity index (χ0) is 35.0. The number of fused-ring (bicyclic) bond motifs is 1.